The number of nitrogens with zero attached hydrogens (tertiary/aromatic N) is 1. The number of ether oxygens (including phenoxy) is 1. The van der Waals surface area contributed by atoms with Crippen molar-refractivity contribution in [3.8, 4) is 5.75 Å². The van der Waals surface area contributed by atoms with Crippen LogP contribution in [0, 0.1) is 0 Å². The van der Waals surface area contributed by atoms with Gasteiger partial charge in [-0.2, -0.15) is 0 Å². The molecule has 3 nitrogen and oxygen atoms in total. The van der Waals surface area contributed by atoms with E-state index in [9.17, 15) is 4.39 Å². The van der Waals surface area contributed by atoms with Crippen LogP contribution in [0.15, 0.2) is 54.7 Å². The van der Waals surface area contributed by atoms with E-state index in [1.54, 1.807) is 7.11 Å². The number of aryl methyl sites for hydroxylation is 1. The molecule has 1 N–H and O–H groups in total. The first-order valence-electron chi connectivity index (χ1n) is 8.82. The van der Waals surface area contributed by atoms with Gasteiger partial charge in [0.05, 0.1) is 7.11 Å². The molecule has 25 heavy (non-hydrogen) atoms. The molecule has 0 fully saturated rings. The fourth-order valence-electron chi connectivity index (χ4n) is 3.20. The molecule has 0 saturated heterocycles. The van der Waals surface area contributed by atoms with Gasteiger partial charge in [-0.05, 0) is 55.2 Å². The Morgan fingerprint density at radius 1 is 1.16 bits per heavy atom. The Morgan fingerprint density at radius 2 is 1.96 bits per heavy atom. The largest absolute Gasteiger partial charge is 0.497 e. The zero-order valence-corrected chi connectivity index (χ0v) is 14.8. The average molecular weight is 340 g/mol. The number of methoxy groups -OCH3 is 1. The van der Waals surface area contributed by atoms with E-state index < -0.39 is 6.30 Å². The number of fused-ring (bicyclic) bond motifs is 1. The Balaban J connectivity index is 1.70. The van der Waals surface area contributed by atoms with Gasteiger partial charge in [0.1, 0.15) is 5.75 Å². The van der Waals surface area contributed by atoms with Gasteiger partial charge in [-0.1, -0.05) is 25.1 Å². The Hall–Kier alpha value is -2.49. The lowest BCUT2D eigenvalue weighted by atomic mass is 10.1. The van der Waals surface area contributed by atoms with Crippen molar-refractivity contribution in [1.29, 1.82) is 0 Å². The number of aromatic amines is 1. The number of halogens is 1. The number of benzene rings is 2. The summed E-state index contributed by atoms with van der Waals surface area (Å²) in [5.74, 6) is 0.856. The second kappa shape index (κ2) is 8.06. The molecule has 2 aromatic carbocycles. The molecule has 3 aromatic rings. The smallest absolute Gasteiger partial charge is 0.172 e. The van der Waals surface area contributed by atoms with Gasteiger partial charge in [-0.25, -0.2) is 4.39 Å². The highest BCUT2D eigenvalue weighted by Gasteiger charge is 2.16. The van der Waals surface area contributed by atoms with Crippen LogP contribution in [0.3, 0.4) is 0 Å². The zero-order chi connectivity index (χ0) is 17.6. The van der Waals surface area contributed by atoms with Gasteiger partial charge in [0.2, 0.25) is 0 Å². The molecule has 0 amide bonds. The third-order valence-electron chi connectivity index (χ3n) is 4.58. The van der Waals surface area contributed by atoms with Crippen molar-refractivity contribution in [1.82, 2.24) is 4.98 Å². The number of nitrogens with one attached hydrogen (secondary N) is 1. The minimum absolute atomic E-state index is 0.485. The lowest BCUT2D eigenvalue weighted by Gasteiger charge is -2.28. The molecule has 0 aliphatic rings. The van der Waals surface area contributed by atoms with Gasteiger partial charge in [0.15, 0.2) is 6.30 Å². The van der Waals surface area contributed by atoms with E-state index in [1.165, 1.54) is 10.9 Å². The number of alkyl halides is 1. The molecule has 0 aliphatic carbocycles. The van der Waals surface area contributed by atoms with Gasteiger partial charge >= 0.3 is 0 Å². The van der Waals surface area contributed by atoms with E-state index in [2.05, 4.69) is 11.1 Å². The van der Waals surface area contributed by atoms with Crippen LogP contribution in [0.25, 0.3) is 10.9 Å². The second-order valence-electron chi connectivity index (χ2n) is 6.20. The van der Waals surface area contributed by atoms with Crippen molar-refractivity contribution in [3.63, 3.8) is 0 Å². The predicted octanol–water partition coefficient (Wildman–Crippen LogP) is 5.32. The van der Waals surface area contributed by atoms with Gasteiger partial charge in [0.25, 0.3) is 0 Å². The summed E-state index contributed by atoms with van der Waals surface area (Å²) in [7, 11) is 1.68. The van der Waals surface area contributed by atoms with E-state index in [-0.39, 0.29) is 0 Å². The van der Waals surface area contributed by atoms with Crippen molar-refractivity contribution in [2.24, 2.45) is 0 Å². The van der Waals surface area contributed by atoms with Crippen LogP contribution < -0.4 is 9.64 Å². The number of rotatable bonds is 8. The van der Waals surface area contributed by atoms with Crippen LogP contribution in [-0.2, 0) is 6.42 Å². The normalized spacial score (nSPS) is 12.3. The van der Waals surface area contributed by atoms with Crippen LogP contribution in [0.1, 0.15) is 25.3 Å². The highest BCUT2D eigenvalue weighted by atomic mass is 19.1. The Morgan fingerprint density at radius 3 is 2.68 bits per heavy atom. The summed E-state index contributed by atoms with van der Waals surface area (Å²) in [5, 5.41) is 1.18. The van der Waals surface area contributed by atoms with Crippen LogP contribution in [0.4, 0.5) is 10.1 Å². The van der Waals surface area contributed by atoms with Crippen LogP contribution in [0.5, 0.6) is 5.75 Å². The lowest BCUT2D eigenvalue weighted by Crippen LogP contribution is -2.32. The summed E-state index contributed by atoms with van der Waals surface area (Å²) < 4.78 is 19.7. The van der Waals surface area contributed by atoms with E-state index in [1.807, 2.05) is 60.5 Å². The third kappa shape index (κ3) is 3.95. The first-order valence-corrected chi connectivity index (χ1v) is 8.82. The van der Waals surface area contributed by atoms with Crippen molar-refractivity contribution >= 4 is 16.6 Å². The molecule has 3 rings (SSSR count). The predicted molar refractivity (Wildman–Crippen MR) is 102 cm³/mol. The minimum Gasteiger partial charge on any atom is -0.497 e. The number of aromatic nitrogens is 1. The molecular formula is C21H25FN2O. The summed E-state index contributed by atoms with van der Waals surface area (Å²) in [6, 6.07) is 15.8. The summed E-state index contributed by atoms with van der Waals surface area (Å²) >= 11 is 0. The molecule has 0 spiro atoms. The monoisotopic (exact) mass is 340 g/mol. The van der Waals surface area contributed by atoms with Crippen LogP contribution >= 0.6 is 0 Å². The second-order valence-corrected chi connectivity index (χ2v) is 6.20. The third-order valence-corrected chi connectivity index (χ3v) is 4.58. The van der Waals surface area contributed by atoms with Crippen LogP contribution in [0.2, 0.25) is 0 Å². The van der Waals surface area contributed by atoms with Gasteiger partial charge in [-0.15, -0.1) is 0 Å². The SMILES string of the molecule is CCC(F)N(CCCc1c[nH]c2ccc(OC)cc12)c1ccccc1. The average Bonchev–Trinajstić information content (AvgIpc) is 3.07. The molecule has 1 unspecified atom stereocenters. The summed E-state index contributed by atoms with van der Waals surface area (Å²) in [5.41, 5.74) is 3.29. The van der Waals surface area contributed by atoms with Crippen LogP contribution in [-0.4, -0.2) is 24.9 Å². The highest BCUT2D eigenvalue weighted by molar-refractivity contribution is 5.84. The Labute approximate surface area is 148 Å². The number of anilines is 1. The van der Waals surface area contributed by atoms with E-state index in [0.717, 1.165) is 29.8 Å². The number of H-pyrrole nitrogens is 1. The summed E-state index contributed by atoms with van der Waals surface area (Å²) in [6.07, 6.45) is 3.36. The maximum atomic E-state index is 14.4. The van der Waals surface area contributed by atoms with Crippen molar-refractivity contribution in [2.75, 3.05) is 18.6 Å². The molecule has 0 bridgehead atoms. The standard InChI is InChI=1S/C21H25FN2O/c1-3-21(22)24(17-9-5-4-6-10-17)13-7-8-16-15-23-20-12-11-18(25-2)14-19(16)20/h4-6,9-12,14-15,21,23H,3,7-8,13H2,1-2H3. The first kappa shape index (κ1) is 17.3. The summed E-state index contributed by atoms with van der Waals surface area (Å²) in [6.45, 7) is 2.57. The number of para-hydroxylation sites is 1. The zero-order valence-electron chi connectivity index (χ0n) is 14.8. The van der Waals surface area contributed by atoms with Crippen molar-refractivity contribution in [3.05, 3.63) is 60.3 Å². The Kier molecular flexibility index (Phi) is 5.59. The fraction of sp³-hybridized carbons (Fsp3) is 0.333. The molecular weight excluding hydrogens is 315 g/mol. The molecule has 0 aliphatic heterocycles. The summed E-state index contributed by atoms with van der Waals surface area (Å²) in [4.78, 5) is 5.16. The molecule has 4 heteroatoms. The molecule has 1 aromatic heterocycles. The Bertz CT molecular complexity index is 800. The number of hydrogen-bond acceptors (Lipinski definition) is 2. The quantitative estimate of drug-likeness (QED) is 0.562. The maximum Gasteiger partial charge on any atom is 0.172 e. The maximum absolute atomic E-state index is 14.4. The number of hydrogen-bond donors (Lipinski definition) is 1. The minimum atomic E-state index is -0.953. The first-order chi connectivity index (χ1) is 12.2. The lowest BCUT2D eigenvalue weighted by molar-refractivity contribution is 0.308. The van der Waals surface area contributed by atoms with E-state index in [0.29, 0.717) is 13.0 Å². The van der Waals surface area contributed by atoms with Gasteiger partial charge in [-0.3, -0.25) is 0 Å². The van der Waals surface area contributed by atoms with Crippen molar-refractivity contribution < 1.29 is 9.13 Å². The molecule has 1 heterocycles. The van der Waals surface area contributed by atoms with E-state index in [4.69, 9.17) is 4.74 Å². The molecule has 132 valence electrons. The van der Waals surface area contributed by atoms with Gasteiger partial charge in [0, 0.05) is 29.3 Å². The van der Waals surface area contributed by atoms with Gasteiger partial charge < -0.3 is 14.6 Å². The molecule has 0 saturated carbocycles. The topological polar surface area (TPSA) is 28.3 Å². The van der Waals surface area contributed by atoms with Crippen molar-refractivity contribution in [2.45, 2.75) is 32.5 Å². The highest BCUT2D eigenvalue weighted by Crippen LogP contribution is 2.25. The molecule has 1 atom stereocenters. The molecule has 0 radical (unpaired) electrons. The fourth-order valence-corrected chi connectivity index (χ4v) is 3.20. The van der Waals surface area contributed by atoms with E-state index >= 15 is 0 Å².